The van der Waals surface area contributed by atoms with E-state index in [1.54, 1.807) is 19.9 Å². The predicted molar refractivity (Wildman–Crippen MR) is 264 cm³/mol. The van der Waals surface area contributed by atoms with Crippen LogP contribution in [-0.2, 0) is 42.9 Å². The number of phosphoric acid groups is 3. The Morgan fingerprint density at radius 1 is 0.987 bits per heavy atom. The van der Waals surface area contributed by atoms with Gasteiger partial charge in [-0.15, -0.1) is 0 Å². The van der Waals surface area contributed by atoms with Crippen LogP contribution >= 0.6 is 23.5 Å². The van der Waals surface area contributed by atoms with E-state index in [0.717, 1.165) is 6.33 Å². The Hall–Kier alpha value is -7.24. The second-order valence-electron chi connectivity index (χ2n) is 17.2. The number of carboxylic acids is 1. The summed E-state index contributed by atoms with van der Waals surface area (Å²) in [6.07, 6.45) is -2.20. The van der Waals surface area contributed by atoms with Crippen molar-refractivity contribution in [3.63, 3.8) is 0 Å². The molecule has 3 aliphatic rings. The van der Waals surface area contributed by atoms with E-state index in [9.17, 15) is 63.6 Å². The second kappa shape index (κ2) is 21.8. The number of aromatic hydroxyl groups is 1. The fraction of sp³-hybridized carbons (Fsp3) is 0.239. The molecule has 4 heterocycles. The average Bonchev–Trinajstić information content (AvgIpc) is 3.93. The van der Waals surface area contributed by atoms with Gasteiger partial charge in [0.1, 0.15) is 47.2 Å². The van der Waals surface area contributed by atoms with Gasteiger partial charge in [-0.05, 0) is 72.0 Å². The number of anilines is 1. The molecule has 1 saturated heterocycles. The van der Waals surface area contributed by atoms with Gasteiger partial charge >= 0.3 is 35.3 Å². The number of phenols is 1. The highest BCUT2D eigenvalue weighted by atomic mass is 31.3. The van der Waals surface area contributed by atoms with Crippen molar-refractivity contribution in [2.24, 2.45) is 5.92 Å². The molecule has 2 aliphatic heterocycles. The zero-order chi connectivity index (χ0) is 55.0. The number of carbonyl (C=O) groups is 1. The molecule has 8 rings (SSSR count). The molecule has 1 fully saturated rings. The Morgan fingerprint density at radius 3 is 2.46 bits per heavy atom. The topological polar surface area (TPSA) is 420 Å². The number of fused-ring (bicyclic) bond motifs is 3. The molecular formula is C46H44N6O21P3+. The third kappa shape index (κ3) is 12.4. The largest absolute Gasteiger partial charge is 0.508 e. The Balaban J connectivity index is 0.988. The highest BCUT2D eigenvalue weighted by Gasteiger charge is 2.43. The van der Waals surface area contributed by atoms with Crippen molar-refractivity contribution in [3.05, 3.63) is 133 Å². The summed E-state index contributed by atoms with van der Waals surface area (Å²) in [5.74, 6) is 3.63. The Morgan fingerprint density at radius 2 is 1.75 bits per heavy atom. The minimum atomic E-state index is -5.81. The number of nitro groups is 1. The molecule has 0 amide bonds. The number of benzene rings is 4. The number of carboxylic acid groups (broad SMARTS) is 1. The molecule has 0 radical (unpaired) electrons. The summed E-state index contributed by atoms with van der Waals surface area (Å²) in [4.78, 5) is 84.8. The fourth-order valence-corrected chi connectivity index (χ4v) is 11.5. The van der Waals surface area contributed by atoms with Crippen LogP contribution in [0.5, 0.6) is 5.75 Å². The number of nitrogens with one attached hydrogen (secondary N) is 1. The summed E-state index contributed by atoms with van der Waals surface area (Å²) in [5, 5.41) is 55.6. The minimum Gasteiger partial charge on any atom is -0.508 e. The molecule has 398 valence electrons. The molecule has 6 atom stereocenters. The number of nitro benzene ring substituents is 1. The summed E-state index contributed by atoms with van der Waals surface area (Å²) < 4.78 is 66.7. The molecule has 3 aromatic carbocycles. The van der Waals surface area contributed by atoms with E-state index in [0.29, 0.717) is 27.5 Å². The smallest absolute Gasteiger partial charge is 0.490 e. The van der Waals surface area contributed by atoms with E-state index in [4.69, 9.17) is 29.4 Å². The summed E-state index contributed by atoms with van der Waals surface area (Å²) in [6.45, 7) is 2.23. The Kier molecular flexibility index (Phi) is 15.8. The van der Waals surface area contributed by atoms with Crippen molar-refractivity contribution in [1.82, 2.24) is 14.5 Å². The molecule has 0 saturated carbocycles. The van der Waals surface area contributed by atoms with Crippen LogP contribution in [0.2, 0.25) is 0 Å². The number of aliphatic hydroxyl groups is 2. The molecule has 30 heteroatoms. The van der Waals surface area contributed by atoms with Crippen molar-refractivity contribution in [3.8, 4) is 40.0 Å². The lowest BCUT2D eigenvalue weighted by Gasteiger charge is -2.22. The number of ether oxygens (including phenoxy) is 2. The number of nitrogens with two attached hydrogens (primary N) is 1. The van der Waals surface area contributed by atoms with E-state index >= 15 is 0 Å². The quantitative estimate of drug-likeness (QED) is 0.0107. The lowest BCUT2D eigenvalue weighted by Crippen LogP contribution is -2.73. The molecule has 27 nitrogen and oxygen atoms in total. The number of rotatable bonds is 18. The number of phenolic OH excluding ortho intramolecular Hbond substituents is 1. The maximum Gasteiger partial charge on any atom is 0.490 e. The summed E-state index contributed by atoms with van der Waals surface area (Å²) >= 11 is 0. The van der Waals surface area contributed by atoms with Gasteiger partial charge in [-0.3, -0.25) is 19.4 Å². The van der Waals surface area contributed by atoms with Crippen LogP contribution in [0.15, 0.2) is 94.5 Å². The second-order valence-corrected chi connectivity index (χ2v) is 21.6. The van der Waals surface area contributed by atoms with Gasteiger partial charge in [-0.1, -0.05) is 19.8 Å². The first-order valence-corrected chi connectivity index (χ1v) is 26.8. The Bertz CT molecular complexity index is 3720. The van der Waals surface area contributed by atoms with Crippen molar-refractivity contribution in [1.29, 1.82) is 0 Å². The maximum absolute atomic E-state index is 12.6. The number of aromatic nitrogens is 3. The van der Waals surface area contributed by atoms with Crippen molar-refractivity contribution >= 4 is 68.8 Å². The molecule has 0 spiro atoms. The van der Waals surface area contributed by atoms with Gasteiger partial charge in [0.15, 0.2) is 5.43 Å². The van der Waals surface area contributed by atoms with Crippen LogP contribution in [-0.4, -0.2) is 96.7 Å². The molecule has 2 aromatic heterocycles. The summed E-state index contributed by atoms with van der Waals surface area (Å²) in [6, 6.07) is 16.7. The fourth-order valence-electron chi connectivity index (χ4n) is 8.47. The highest BCUT2D eigenvalue weighted by Crippen LogP contribution is 2.66. The third-order valence-electron chi connectivity index (χ3n) is 11.7. The van der Waals surface area contributed by atoms with Gasteiger partial charge in [0, 0.05) is 58.5 Å². The summed E-state index contributed by atoms with van der Waals surface area (Å²) in [5.41, 5.74) is 7.72. The van der Waals surface area contributed by atoms with Crippen LogP contribution in [0.4, 0.5) is 11.5 Å². The summed E-state index contributed by atoms with van der Waals surface area (Å²) in [7, 11) is -17.0. The number of phosphoric ester groups is 1. The predicted octanol–water partition coefficient (Wildman–Crippen LogP) is 4.55. The third-order valence-corrected chi connectivity index (χ3v) is 15.5. The number of nitrogen functional groups attached to an aromatic ring is 1. The van der Waals surface area contributed by atoms with E-state index in [2.05, 4.69) is 39.9 Å². The van der Waals surface area contributed by atoms with E-state index in [1.807, 2.05) is 0 Å². The van der Waals surface area contributed by atoms with Crippen LogP contribution in [0.25, 0.3) is 44.5 Å². The lowest BCUT2D eigenvalue weighted by molar-refractivity contribution is -0.450. The SMILES string of the molecule is CC(C)C(OCc1cn([C@H]2C[C@H](O)[C@@H](COP(=O)(O)OP(=O)(O)OP(=O)(O)O)O2)c2ncnc(N)c12)c1ccc(C#CC[NH+]=C(O)c2ccc(C(=O)O)c(-c3c4ccc(=O)cc-4oc4cc(O)ccc34)c2)cc1[N+](=O)[O-]. The number of aliphatic hydroxyl groups excluding tert-OH is 2. The lowest BCUT2D eigenvalue weighted by atomic mass is 9.89. The first-order chi connectivity index (χ1) is 35.8. The monoisotopic (exact) mass is 1110 g/mol. The van der Waals surface area contributed by atoms with Gasteiger partial charge < -0.3 is 64.2 Å². The van der Waals surface area contributed by atoms with Crippen molar-refractivity contribution in [2.75, 3.05) is 18.9 Å². The first kappa shape index (κ1) is 55.0. The highest BCUT2D eigenvalue weighted by molar-refractivity contribution is 7.66. The number of nitrogens with zero attached hydrogens (tertiary/aromatic N) is 4. The van der Waals surface area contributed by atoms with Gasteiger partial charge in [0.2, 0.25) is 6.54 Å². The average molecular weight is 1110 g/mol. The minimum absolute atomic E-state index is 0.0101. The van der Waals surface area contributed by atoms with Crippen molar-refractivity contribution < 1.29 is 95.4 Å². The molecule has 3 unspecified atom stereocenters. The number of hydrogen-bond donors (Lipinski definition) is 10. The van der Waals surface area contributed by atoms with Gasteiger partial charge in [-0.2, -0.15) is 13.6 Å². The molecule has 5 aromatic rings. The normalized spacial score (nSPS) is 18.1. The van der Waals surface area contributed by atoms with Crippen LogP contribution in [0, 0.1) is 27.9 Å². The first-order valence-electron chi connectivity index (χ1n) is 22.3. The van der Waals surface area contributed by atoms with Gasteiger partial charge in [-0.25, -0.2) is 28.5 Å². The van der Waals surface area contributed by atoms with Crippen molar-refractivity contribution in [2.45, 2.75) is 51.4 Å². The molecule has 0 bridgehead atoms. The standard InChI is InChI=1S/C46H43N6O21P3/c1-23(2)42(68-20-26-19-51(44-40(26)43(47)49-22-50-44)39-18-35(55)38(71-39)21-69-75(64,65)73-76(66,67)72-74(61,62)63)30-9-5-24(14-34(30)52(59)60)4-3-13-48-45(56)25-6-10-29(46(57)58)33(15-25)41-31-11-7-27(53)16-36(31)70-37-17-28(54)8-12-32(37)41/h5-12,14-17,19,22-23,35,38-39,42,53,55H,13,18,20-21H2,1-2H3,(H,48,56)(H,57,58)(H,64,65)(H,66,67)(H2,47,49,50)(H2,61,62,63)/p+1/t35-,38+,39+,42?/m0/s1. The molecule has 76 heavy (non-hydrogen) atoms. The van der Waals surface area contributed by atoms with Gasteiger partial charge in [0.25, 0.3) is 5.69 Å². The molecule has 1 aliphatic carbocycles. The van der Waals surface area contributed by atoms with E-state index in [-0.39, 0.29) is 98.9 Å². The molecule has 11 N–H and O–H groups in total. The van der Waals surface area contributed by atoms with E-state index in [1.165, 1.54) is 77.5 Å². The van der Waals surface area contributed by atoms with Gasteiger partial charge in [0.05, 0.1) is 52.4 Å². The zero-order valence-electron chi connectivity index (χ0n) is 39.4. The molecular weight excluding hydrogens is 1070 g/mol. The Labute approximate surface area is 427 Å². The number of aromatic carboxylic acids is 1. The maximum atomic E-state index is 12.6. The van der Waals surface area contributed by atoms with Crippen LogP contribution < -0.4 is 16.2 Å². The van der Waals surface area contributed by atoms with E-state index < -0.39 is 65.5 Å². The van der Waals surface area contributed by atoms with Crippen LogP contribution in [0.1, 0.15) is 65.2 Å². The zero-order valence-corrected chi connectivity index (χ0v) is 42.1. The van der Waals surface area contributed by atoms with Crippen LogP contribution in [0.3, 0.4) is 0 Å². The number of hydrogen-bond acceptors (Lipinski definition) is 18.